The highest BCUT2D eigenvalue weighted by atomic mass is 19.1. The fourth-order valence-electron chi connectivity index (χ4n) is 5.22. The Morgan fingerprint density at radius 2 is 1.78 bits per heavy atom. The Hall–Kier alpha value is -3.62. The highest BCUT2D eigenvalue weighted by molar-refractivity contribution is 6.00. The van der Waals surface area contributed by atoms with Gasteiger partial charge in [-0.25, -0.2) is 4.98 Å². The molecular formula is C28H33FN6O2. The second kappa shape index (κ2) is 10.4. The van der Waals surface area contributed by atoms with Gasteiger partial charge in [0.1, 0.15) is 17.6 Å². The number of amides is 2. The third-order valence-electron chi connectivity index (χ3n) is 7.29. The number of halogens is 1. The number of hydrogen-bond acceptors (Lipinski definition) is 5. The van der Waals surface area contributed by atoms with Crippen molar-refractivity contribution in [1.82, 2.24) is 25.1 Å². The summed E-state index contributed by atoms with van der Waals surface area (Å²) in [6.45, 7) is 5.86. The minimum absolute atomic E-state index is 0.00409. The van der Waals surface area contributed by atoms with E-state index in [0.29, 0.717) is 35.1 Å². The van der Waals surface area contributed by atoms with Gasteiger partial charge in [0.05, 0.1) is 0 Å². The summed E-state index contributed by atoms with van der Waals surface area (Å²) in [5, 5.41) is 10.0. The number of pyridine rings is 2. The lowest BCUT2D eigenvalue weighted by molar-refractivity contribution is -0.119. The number of hydrogen-bond donors (Lipinski definition) is 2. The van der Waals surface area contributed by atoms with Crippen LogP contribution in [0.4, 0.5) is 10.2 Å². The van der Waals surface area contributed by atoms with Gasteiger partial charge in [0.25, 0.3) is 5.91 Å². The van der Waals surface area contributed by atoms with Crippen LogP contribution in [-0.2, 0) is 11.2 Å². The van der Waals surface area contributed by atoms with E-state index in [9.17, 15) is 9.59 Å². The molecule has 194 valence electrons. The third kappa shape index (κ3) is 5.40. The van der Waals surface area contributed by atoms with E-state index in [0.717, 1.165) is 31.4 Å². The second-order valence-corrected chi connectivity index (χ2v) is 10.3. The molecule has 1 unspecified atom stereocenters. The topological polar surface area (TPSA) is 102 Å². The summed E-state index contributed by atoms with van der Waals surface area (Å²) < 4.78 is 16.7. The smallest absolute Gasteiger partial charge is 0.270 e. The standard InChI is InChI=1S/C28H33FN6O2/c1-4-21-19(6-5-14-30-21)20-11-12-23(32-26(20)29)33-28(37)25(24(17-7-8-17)18-9-10-18)34-27(36)22-13-15-31-35(22)16(2)3/h5-6,11-18,24-25H,4,7-10H2,1-3H3,(H,34,36)(H,32,33,37). The predicted molar refractivity (Wildman–Crippen MR) is 138 cm³/mol. The Balaban J connectivity index is 1.38. The van der Waals surface area contributed by atoms with Crippen LogP contribution in [0.1, 0.15) is 68.7 Å². The molecule has 3 aromatic rings. The Bertz CT molecular complexity index is 1290. The zero-order valence-electron chi connectivity index (χ0n) is 21.4. The number of anilines is 1. The molecule has 2 N–H and O–H groups in total. The van der Waals surface area contributed by atoms with Crippen LogP contribution < -0.4 is 10.6 Å². The molecule has 0 spiro atoms. The lowest BCUT2D eigenvalue weighted by atomic mass is 9.88. The largest absolute Gasteiger partial charge is 0.339 e. The van der Waals surface area contributed by atoms with E-state index in [4.69, 9.17) is 0 Å². The first-order valence-corrected chi connectivity index (χ1v) is 13.1. The summed E-state index contributed by atoms with van der Waals surface area (Å²) in [6, 6.07) is 7.71. The summed E-state index contributed by atoms with van der Waals surface area (Å²) in [6.07, 6.45) is 8.14. The molecule has 2 aliphatic rings. The van der Waals surface area contributed by atoms with Gasteiger partial charge >= 0.3 is 0 Å². The number of nitrogens with one attached hydrogen (secondary N) is 2. The number of aromatic nitrogens is 4. The molecule has 2 fully saturated rings. The third-order valence-corrected chi connectivity index (χ3v) is 7.29. The van der Waals surface area contributed by atoms with Crippen LogP contribution in [0.2, 0.25) is 0 Å². The van der Waals surface area contributed by atoms with Gasteiger partial charge in [-0.05, 0) is 88.0 Å². The van der Waals surface area contributed by atoms with Crippen LogP contribution in [-0.4, -0.2) is 37.6 Å². The first-order chi connectivity index (χ1) is 17.9. The number of nitrogens with zero attached hydrogens (tertiary/aromatic N) is 4. The Kier molecular flexibility index (Phi) is 7.04. The van der Waals surface area contributed by atoms with E-state index in [1.54, 1.807) is 41.3 Å². The summed E-state index contributed by atoms with van der Waals surface area (Å²) >= 11 is 0. The van der Waals surface area contributed by atoms with Crippen molar-refractivity contribution < 1.29 is 14.0 Å². The fraction of sp³-hybridized carbons (Fsp3) is 0.464. The molecule has 0 aliphatic heterocycles. The van der Waals surface area contributed by atoms with Crippen LogP contribution >= 0.6 is 0 Å². The van der Waals surface area contributed by atoms with E-state index in [-0.39, 0.29) is 29.6 Å². The highest BCUT2D eigenvalue weighted by Crippen LogP contribution is 2.51. The van der Waals surface area contributed by atoms with E-state index in [1.165, 1.54) is 0 Å². The Morgan fingerprint density at radius 1 is 1.05 bits per heavy atom. The van der Waals surface area contributed by atoms with Gasteiger partial charge in [-0.3, -0.25) is 19.3 Å². The van der Waals surface area contributed by atoms with Crippen molar-refractivity contribution in [1.29, 1.82) is 0 Å². The van der Waals surface area contributed by atoms with Crippen molar-refractivity contribution in [2.24, 2.45) is 17.8 Å². The van der Waals surface area contributed by atoms with Gasteiger partial charge in [-0.15, -0.1) is 0 Å². The molecule has 2 amide bonds. The van der Waals surface area contributed by atoms with Crippen molar-refractivity contribution in [3.63, 3.8) is 0 Å². The number of rotatable bonds is 10. The number of aryl methyl sites for hydroxylation is 1. The van der Waals surface area contributed by atoms with Crippen molar-refractivity contribution in [2.75, 3.05) is 5.32 Å². The van der Waals surface area contributed by atoms with Gasteiger partial charge in [0.15, 0.2) is 0 Å². The van der Waals surface area contributed by atoms with Gasteiger partial charge in [-0.2, -0.15) is 9.49 Å². The zero-order valence-corrected chi connectivity index (χ0v) is 21.4. The molecule has 5 rings (SSSR count). The average molecular weight is 505 g/mol. The fourth-order valence-corrected chi connectivity index (χ4v) is 5.22. The van der Waals surface area contributed by atoms with Crippen molar-refractivity contribution in [2.45, 2.75) is 65.0 Å². The van der Waals surface area contributed by atoms with Gasteiger partial charge in [-0.1, -0.05) is 13.0 Å². The first-order valence-electron chi connectivity index (χ1n) is 13.1. The normalized spacial score (nSPS) is 16.2. The average Bonchev–Trinajstić information content (AvgIpc) is 3.83. The van der Waals surface area contributed by atoms with E-state index in [2.05, 4.69) is 25.7 Å². The van der Waals surface area contributed by atoms with Gasteiger partial charge < -0.3 is 10.6 Å². The SMILES string of the molecule is CCc1ncccc1-c1ccc(NC(=O)C(NC(=O)c2ccnn2C(C)C)C(C2CC2)C2CC2)nc1F. The van der Waals surface area contributed by atoms with Gasteiger partial charge in [0.2, 0.25) is 11.9 Å². The van der Waals surface area contributed by atoms with Crippen molar-refractivity contribution >= 4 is 17.6 Å². The molecule has 3 aromatic heterocycles. The maximum absolute atomic E-state index is 15.1. The Labute approximate surface area is 216 Å². The van der Waals surface area contributed by atoms with Crippen LogP contribution in [0, 0.1) is 23.7 Å². The summed E-state index contributed by atoms with van der Waals surface area (Å²) in [5.41, 5.74) is 2.21. The summed E-state index contributed by atoms with van der Waals surface area (Å²) in [7, 11) is 0. The maximum Gasteiger partial charge on any atom is 0.270 e. The minimum atomic E-state index is -0.738. The molecule has 0 bridgehead atoms. The van der Waals surface area contributed by atoms with Crippen LogP contribution in [0.25, 0.3) is 11.1 Å². The lowest BCUT2D eigenvalue weighted by Gasteiger charge is -2.27. The molecule has 2 saturated carbocycles. The number of carbonyl (C=O) groups is 2. The highest BCUT2D eigenvalue weighted by Gasteiger charge is 2.48. The van der Waals surface area contributed by atoms with E-state index < -0.39 is 12.0 Å². The molecule has 37 heavy (non-hydrogen) atoms. The number of carbonyl (C=O) groups excluding carboxylic acids is 2. The van der Waals surface area contributed by atoms with Crippen molar-refractivity contribution in [3.8, 4) is 11.1 Å². The minimum Gasteiger partial charge on any atom is -0.339 e. The summed E-state index contributed by atoms with van der Waals surface area (Å²) in [4.78, 5) is 35.2. The zero-order chi connectivity index (χ0) is 26.1. The molecule has 0 aromatic carbocycles. The van der Waals surface area contributed by atoms with E-state index >= 15 is 4.39 Å². The van der Waals surface area contributed by atoms with E-state index in [1.807, 2.05) is 26.8 Å². The molecule has 8 nitrogen and oxygen atoms in total. The van der Waals surface area contributed by atoms with Crippen LogP contribution in [0.3, 0.4) is 0 Å². The van der Waals surface area contributed by atoms with Crippen LogP contribution in [0.5, 0.6) is 0 Å². The second-order valence-electron chi connectivity index (χ2n) is 10.3. The molecular weight excluding hydrogens is 471 g/mol. The quantitative estimate of drug-likeness (QED) is 0.387. The molecule has 0 saturated heterocycles. The first kappa shape index (κ1) is 25.0. The predicted octanol–water partition coefficient (Wildman–Crippen LogP) is 4.80. The summed E-state index contributed by atoms with van der Waals surface area (Å²) in [5.74, 6) is -0.412. The molecule has 9 heteroatoms. The molecule has 3 heterocycles. The maximum atomic E-state index is 15.1. The monoisotopic (exact) mass is 504 g/mol. The van der Waals surface area contributed by atoms with Gasteiger partial charge in [0, 0.05) is 35.3 Å². The lowest BCUT2D eigenvalue weighted by Crippen LogP contribution is -2.50. The van der Waals surface area contributed by atoms with Crippen LogP contribution in [0.15, 0.2) is 42.7 Å². The molecule has 2 aliphatic carbocycles. The Morgan fingerprint density at radius 3 is 2.41 bits per heavy atom. The molecule has 0 radical (unpaired) electrons. The van der Waals surface area contributed by atoms with Crippen molar-refractivity contribution in [3.05, 3.63) is 60.1 Å². The molecule has 1 atom stereocenters.